The van der Waals surface area contributed by atoms with Gasteiger partial charge < -0.3 is 9.64 Å². The Morgan fingerprint density at radius 1 is 1.35 bits per heavy atom. The summed E-state index contributed by atoms with van der Waals surface area (Å²) in [7, 11) is 1.72. The number of fused-ring (bicyclic) bond motifs is 1. The fourth-order valence-corrected chi connectivity index (χ4v) is 2.30. The third-order valence-electron chi connectivity index (χ3n) is 3.15. The molecular formula is C14H19NO2. The van der Waals surface area contributed by atoms with Crippen LogP contribution in [-0.4, -0.2) is 32.6 Å². The van der Waals surface area contributed by atoms with Gasteiger partial charge in [-0.15, -0.1) is 0 Å². The molecule has 0 atom stereocenters. The van der Waals surface area contributed by atoms with Crippen LogP contribution in [-0.2, 0) is 4.74 Å². The van der Waals surface area contributed by atoms with Crippen molar-refractivity contribution in [1.82, 2.24) is 0 Å². The predicted octanol–water partition coefficient (Wildman–Crippen LogP) is 2.51. The van der Waals surface area contributed by atoms with E-state index in [1.807, 2.05) is 24.3 Å². The molecule has 0 aliphatic carbocycles. The lowest BCUT2D eigenvalue weighted by molar-refractivity contribution is 0.0984. The number of methoxy groups -OCH3 is 1. The minimum Gasteiger partial charge on any atom is -0.385 e. The molecule has 3 nitrogen and oxygen atoms in total. The van der Waals surface area contributed by atoms with Crippen molar-refractivity contribution in [3.63, 3.8) is 0 Å². The van der Waals surface area contributed by atoms with Crippen LogP contribution in [0.15, 0.2) is 24.3 Å². The Morgan fingerprint density at radius 2 is 2.18 bits per heavy atom. The zero-order chi connectivity index (χ0) is 12.1. The quantitative estimate of drug-likeness (QED) is 0.748. The number of nitrogens with zero attached hydrogens (tertiary/aromatic N) is 1. The number of hydrogen-bond acceptors (Lipinski definition) is 3. The van der Waals surface area contributed by atoms with Crippen molar-refractivity contribution in [2.45, 2.75) is 19.3 Å². The Balaban J connectivity index is 2.17. The Bertz CT molecular complexity index is 390. The van der Waals surface area contributed by atoms with Crippen LogP contribution in [0.25, 0.3) is 0 Å². The van der Waals surface area contributed by atoms with E-state index < -0.39 is 0 Å². The average Bonchev–Trinajstić information content (AvgIpc) is 2.51. The zero-order valence-corrected chi connectivity index (χ0v) is 10.3. The molecule has 17 heavy (non-hydrogen) atoms. The molecule has 1 aromatic rings. The second-order valence-corrected chi connectivity index (χ2v) is 4.38. The summed E-state index contributed by atoms with van der Waals surface area (Å²) < 4.78 is 5.08. The Kier molecular flexibility index (Phi) is 4.15. The van der Waals surface area contributed by atoms with E-state index in [-0.39, 0.29) is 5.78 Å². The van der Waals surface area contributed by atoms with Gasteiger partial charge in [0.1, 0.15) is 0 Å². The van der Waals surface area contributed by atoms with E-state index in [0.29, 0.717) is 6.42 Å². The van der Waals surface area contributed by atoms with Crippen LogP contribution in [0.4, 0.5) is 5.69 Å². The van der Waals surface area contributed by atoms with E-state index in [1.165, 1.54) is 0 Å². The van der Waals surface area contributed by atoms with Crippen LogP contribution < -0.4 is 4.90 Å². The smallest absolute Gasteiger partial charge is 0.165 e. The lowest BCUT2D eigenvalue weighted by Crippen LogP contribution is -2.26. The van der Waals surface area contributed by atoms with Crippen molar-refractivity contribution >= 4 is 11.5 Å². The highest BCUT2D eigenvalue weighted by Crippen LogP contribution is 2.25. The lowest BCUT2D eigenvalue weighted by Gasteiger charge is -2.24. The number of rotatable bonds is 4. The molecule has 1 heterocycles. The van der Waals surface area contributed by atoms with Gasteiger partial charge in [0, 0.05) is 44.5 Å². The number of Topliss-reactive ketones (excluding diaryl/α,β-unsaturated/α-hetero) is 1. The summed E-state index contributed by atoms with van der Waals surface area (Å²) in [6, 6.07) is 7.92. The molecule has 92 valence electrons. The second kappa shape index (κ2) is 5.82. The van der Waals surface area contributed by atoms with Crippen molar-refractivity contribution in [2.75, 3.05) is 31.7 Å². The van der Waals surface area contributed by atoms with E-state index in [1.54, 1.807) is 7.11 Å². The van der Waals surface area contributed by atoms with Crippen molar-refractivity contribution in [3.05, 3.63) is 29.8 Å². The van der Waals surface area contributed by atoms with Gasteiger partial charge in [-0.25, -0.2) is 0 Å². The van der Waals surface area contributed by atoms with E-state index >= 15 is 0 Å². The third-order valence-corrected chi connectivity index (χ3v) is 3.15. The van der Waals surface area contributed by atoms with Crippen LogP contribution in [0.2, 0.25) is 0 Å². The zero-order valence-electron chi connectivity index (χ0n) is 10.3. The highest BCUT2D eigenvalue weighted by molar-refractivity contribution is 6.01. The number of hydrogen-bond donors (Lipinski definition) is 0. The van der Waals surface area contributed by atoms with Crippen LogP contribution in [0.5, 0.6) is 0 Å². The lowest BCUT2D eigenvalue weighted by atomic mass is 10.1. The largest absolute Gasteiger partial charge is 0.385 e. The minimum atomic E-state index is 0.273. The summed E-state index contributed by atoms with van der Waals surface area (Å²) in [6.07, 6.45) is 2.61. The Hall–Kier alpha value is -1.35. The van der Waals surface area contributed by atoms with Gasteiger partial charge in [-0.3, -0.25) is 4.79 Å². The van der Waals surface area contributed by atoms with Crippen LogP contribution in [0, 0.1) is 0 Å². The summed E-state index contributed by atoms with van der Waals surface area (Å²) >= 11 is 0. The van der Waals surface area contributed by atoms with Crippen molar-refractivity contribution in [1.29, 1.82) is 0 Å². The topological polar surface area (TPSA) is 29.5 Å². The molecule has 0 aromatic heterocycles. The molecule has 3 heteroatoms. The molecule has 0 amide bonds. The van der Waals surface area contributed by atoms with Gasteiger partial charge in [-0.1, -0.05) is 12.1 Å². The van der Waals surface area contributed by atoms with Crippen molar-refractivity contribution in [3.8, 4) is 0 Å². The summed E-state index contributed by atoms with van der Waals surface area (Å²) in [5.41, 5.74) is 1.97. The van der Waals surface area contributed by atoms with Crippen molar-refractivity contribution in [2.24, 2.45) is 0 Å². The molecule has 0 radical (unpaired) electrons. The number of anilines is 1. The van der Waals surface area contributed by atoms with Gasteiger partial charge in [-0.2, -0.15) is 0 Å². The third kappa shape index (κ3) is 2.86. The second-order valence-electron chi connectivity index (χ2n) is 4.38. The van der Waals surface area contributed by atoms with Gasteiger partial charge >= 0.3 is 0 Å². The van der Waals surface area contributed by atoms with Gasteiger partial charge in [-0.05, 0) is 25.0 Å². The SMILES string of the molecule is COCCCN1CCCC(=O)c2ccccc21. The highest BCUT2D eigenvalue weighted by Gasteiger charge is 2.19. The number of carbonyl (C=O) groups is 1. The number of carbonyl (C=O) groups excluding carboxylic acids is 1. The molecule has 1 aromatic carbocycles. The first-order chi connectivity index (χ1) is 8.33. The molecule has 0 fully saturated rings. The van der Waals surface area contributed by atoms with E-state index in [0.717, 1.165) is 43.8 Å². The molecule has 0 bridgehead atoms. The van der Waals surface area contributed by atoms with Crippen LogP contribution >= 0.6 is 0 Å². The molecule has 0 N–H and O–H groups in total. The average molecular weight is 233 g/mol. The molecular weight excluding hydrogens is 214 g/mol. The standard InChI is InChI=1S/C14H19NO2/c1-17-11-5-10-15-9-4-8-14(16)12-6-2-3-7-13(12)15/h2-3,6-7H,4-5,8-11H2,1H3. The molecule has 0 saturated carbocycles. The normalized spacial score (nSPS) is 15.6. The van der Waals surface area contributed by atoms with Gasteiger partial charge in [0.05, 0.1) is 0 Å². The maximum atomic E-state index is 11.9. The number of para-hydroxylation sites is 1. The first kappa shape index (κ1) is 12.1. The van der Waals surface area contributed by atoms with Gasteiger partial charge in [0.2, 0.25) is 0 Å². The molecule has 0 spiro atoms. The molecule has 1 aliphatic rings. The summed E-state index contributed by atoms with van der Waals surface area (Å²) in [5.74, 6) is 0.273. The minimum absolute atomic E-state index is 0.273. The van der Waals surface area contributed by atoms with E-state index in [9.17, 15) is 4.79 Å². The fraction of sp³-hybridized carbons (Fsp3) is 0.500. The van der Waals surface area contributed by atoms with Crippen molar-refractivity contribution < 1.29 is 9.53 Å². The summed E-state index contributed by atoms with van der Waals surface area (Å²) in [4.78, 5) is 14.2. The first-order valence-electron chi connectivity index (χ1n) is 6.19. The Morgan fingerprint density at radius 3 is 3.00 bits per heavy atom. The van der Waals surface area contributed by atoms with Gasteiger partial charge in [0.25, 0.3) is 0 Å². The predicted molar refractivity (Wildman–Crippen MR) is 68.7 cm³/mol. The maximum Gasteiger partial charge on any atom is 0.165 e. The first-order valence-corrected chi connectivity index (χ1v) is 6.19. The van der Waals surface area contributed by atoms with Crippen LogP contribution in [0.1, 0.15) is 29.6 Å². The van der Waals surface area contributed by atoms with E-state index in [2.05, 4.69) is 4.90 Å². The number of ether oxygens (including phenoxy) is 1. The number of ketones is 1. The highest BCUT2D eigenvalue weighted by atomic mass is 16.5. The van der Waals surface area contributed by atoms with E-state index in [4.69, 9.17) is 4.74 Å². The molecule has 0 unspecified atom stereocenters. The monoisotopic (exact) mass is 233 g/mol. The summed E-state index contributed by atoms with van der Waals surface area (Å²) in [6.45, 7) is 2.69. The number of benzene rings is 1. The summed E-state index contributed by atoms with van der Waals surface area (Å²) in [5, 5.41) is 0. The Labute approximate surface area is 102 Å². The molecule has 0 saturated heterocycles. The van der Waals surface area contributed by atoms with Crippen LogP contribution in [0.3, 0.4) is 0 Å². The maximum absolute atomic E-state index is 11.9. The fourth-order valence-electron chi connectivity index (χ4n) is 2.30. The molecule has 1 aliphatic heterocycles. The van der Waals surface area contributed by atoms with Gasteiger partial charge in [0.15, 0.2) is 5.78 Å². The molecule has 2 rings (SSSR count).